The molecule has 4 rings (SSSR count). The van der Waals surface area contributed by atoms with E-state index < -0.39 is 17.7 Å². The van der Waals surface area contributed by atoms with E-state index in [1.165, 1.54) is 11.3 Å². The second-order valence-electron chi connectivity index (χ2n) is 7.53. The lowest BCUT2D eigenvalue weighted by atomic mass is 9.88. The van der Waals surface area contributed by atoms with E-state index >= 15 is 0 Å². The van der Waals surface area contributed by atoms with Gasteiger partial charge in [-0.15, -0.1) is 11.3 Å². The molecule has 2 heterocycles. The fraction of sp³-hybridized carbons (Fsp3) is 0.333. The smallest absolute Gasteiger partial charge is 0.261 e. The van der Waals surface area contributed by atoms with Crippen LogP contribution in [0.25, 0.3) is 0 Å². The van der Waals surface area contributed by atoms with Crippen LogP contribution in [0.2, 0.25) is 0 Å². The first-order valence-corrected chi connectivity index (χ1v) is 10.4. The number of carbonyl (C=O) groups excluding carboxylic acids is 4. The first-order chi connectivity index (χ1) is 13.9. The zero-order valence-electron chi connectivity index (χ0n) is 16.0. The van der Waals surface area contributed by atoms with Gasteiger partial charge in [-0.1, -0.05) is 19.1 Å². The van der Waals surface area contributed by atoms with Crippen LogP contribution in [-0.4, -0.2) is 35.1 Å². The number of hydrogen-bond donors (Lipinski definition) is 2. The molecule has 0 saturated heterocycles. The fourth-order valence-electron chi connectivity index (χ4n) is 3.94. The van der Waals surface area contributed by atoms with Crippen LogP contribution in [0.15, 0.2) is 24.3 Å². The molecule has 7 nitrogen and oxygen atoms in total. The van der Waals surface area contributed by atoms with Crippen LogP contribution in [0.3, 0.4) is 0 Å². The normalized spacial score (nSPS) is 17.8. The average molecular weight is 411 g/mol. The van der Waals surface area contributed by atoms with Crippen molar-refractivity contribution >= 4 is 40.0 Å². The molecule has 2 aromatic rings. The summed E-state index contributed by atoms with van der Waals surface area (Å²) in [7, 11) is 0. The molecule has 150 valence electrons. The van der Waals surface area contributed by atoms with E-state index in [9.17, 15) is 19.2 Å². The van der Waals surface area contributed by atoms with Crippen LogP contribution in [-0.2, 0) is 17.6 Å². The zero-order valence-corrected chi connectivity index (χ0v) is 16.8. The average Bonchev–Trinajstić information content (AvgIpc) is 3.15. The summed E-state index contributed by atoms with van der Waals surface area (Å²) in [5.74, 6) is -1.17. The molecule has 0 fully saturated rings. The van der Waals surface area contributed by atoms with Gasteiger partial charge in [-0.3, -0.25) is 24.1 Å². The number of hydrogen-bond acceptors (Lipinski definition) is 5. The summed E-state index contributed by atoms with van der Waals surface area (Å²) >= 11 is 1.39. The number of amides is 4. The molecule has 8 heteroatoms. The Balaban J connectivity index is 1.46. The monoisotopic (exact) mass is 411 g/mol. The molecule has 1 aromatic carbocycles. The van der Waals surface area contributed by atoms with Gasteiger partial charge in [0.2, 0.25) is 5.91 Å². The van der Waals surface area contributed by atoms with Gasteiger partial charge in [0.25, 0.3) is 17.7 Å². The number of thiophene rings is 1. The predicted octanol–water partition coefficient (Wildman–Crippen LogP) is 2.60. The molecule has 0 spiro atoms. The van der Waals surface area contributed by atoms with Crippen molar-refractivity contribution in [2.45, 2.75) is 32.6 Å². The van der Waals surface area contributed by atoms with E-state index in [0.29, 0.717) is 27.6 Å². The Kier molecular flexibility index (Phi) is 4.96. The second-order valence-corrected chi connectivity index (χ2v) is 8.63. The quantitative estimate of drug-likeness (QED) is 0.737. The Bertz CT molecular complexity index is 1010. The number of carbonyl (C=O) groups is 4. The Morgan fingerprint density at radius 2 is 1.86 bits per heavy atom. The Morgan fingerprint density at radius 1 is 1.21 bits per heavy atom. The molecule has 1 atom stereocenters. The van der Waals surface area contributed by atoms with E-state index in [1.54, 1.807) is 24.3 Å². The van der Waals surface area contributed by atoms with Crippen LogP contribution in [0.5, 0.6) is 0 Å². The molecule has 0 saturated carbocycles. The molecular weight excluding hydrogens is 390 g/mol. The second kappa shape index (κ2) is 7.44. The molecule has 2 aliphatic rings. The summed E-state index contributed by atoms with van der Waals surface area (Å²) in [5.41, 5.74) is 7.62. The summed E-state index contributed by atoms with van der Waals surface area (Å²) in [6.45, 7) is 2.14. The first kappa shape index (κ1) is 19.3. The van der Waals surface area contributed by atoms with Crippen molar-refractivity contribution in [3.05, 3.63) is 51.4 Å². The van der Waals surface area contributed by atoms with Crippen LogP contribution in [0.4, 0.5) is 5.00 Å². The molecule has 1 aromatic heterocycles. The van der Waals surface area contributed by atoms with Gasteiger partial charge in [0.15, 0.2) is 0 Å². The van der Waals surface area contributed by atoms with E-state index in [2.05, 4.69) is 12.2 Å². The molecule has 1 aliphatic carbocycles. The van der Waals surface area contributed by atoms with Gasteiger partial charge in [0, 0.05) is 17.8 Å². The van der Waals surface area contributed by atoms with Crippen molar-refractivity contribution in [3.8, 4) is 0 Å². The number of nitrogens with zero attached hydrogens (tertiary/aromatic N) is 1. The minimum absolute atomic E-state index is 0.0216. The topological polar surface area (TPSA) is 110 Å². The molecule has 0 unspecified atom stereocenters. The summed E-state index contributed by atoms with van der Waals surface area (Å²) in [6.07, 6.45) is 2.57. The number of primary amides is 1. The number of anilines is 1. The fourth-order valence-corrected chi connectivity index (χ4v) is 5.38. The third-order valence-electron chi connectivity index (χ3n) is 5.45. The highest BCUT2D eigenvalue weighted by Gasteiger charge is 2.35. The van der Waals surface area contributed by atoms with Crippen molar-refractivity contribution in [1.29, 1.82) is 0 Å². The third kappa shape index (κ3) is 3.44. The number of nitrogens with two attached hydrogens (primary N) is 1. The number of imide groups is 1. The minimum Gasteiger partial charge on any atom is -0.365 e. The maximum Gasteiger partial charge on any atom is 0.261 e. The van der Waals surface area contributed by atoms with Crippen molar-refractivity contribution < 1.29 is 19.2 Å². The van der Waals surface area contributed by atoms with Gasteiger partial charge in [0.05, 0.1) is 16.7 Å². The van der Waals surface area contributed by atoms with Gasteiger partial charge in [-0.05, 0) is 42.9 Å². The molecular formula is C21H21N3O4S. The molecule has 1 aliphatic heterocycles. The number of rotatable bonds is 5. The SMILES string of the molecule is C[C@H]1CCc2c(sc(NC(=O)CCN3C(=O)c4ccccc4C3=O)c2C(N)=O)C1. The van der Waals surface area contributed by atoms with Crippen LogP contribution in [0.1, 0.15) is 61.3 Å². The molecule has 0 radical (unpaired) electrons. The van der Waals surface area contributed by atoms with Gasteiger partial charge in [-0.2, -0.15) is 0 Å². The van der Waals surface area contributed by atoms with E-state index in [4.69, 9.17) is 5.73 Å². The highest BCUT2D eigenvalue weighted by Crippen LogP contribution is 2.39. The predicted molar refractivity (Wildman–Crippen MR) is 109 cm³/mol. The molecule has 3 N–H and O–H groups in total. The lowest BCUT2D eigenvalue weighted by Gasteiger charge is -2.18. The highest BCUT2D eigenvalue weighted by atomic mass is 32.1. The number of nitrogens with one attached hydrogen (secondary N) is 1. The van der Waals surface area contributed by atoms with E-state index in [1.807, 2.05) is 0 Å². The van der Waals surface area contributed by atoms with Crippen LogP contribution < -0.4 is 11.1 Å². The summed E-state index contributed by atoms with van der Waals surface area (Å²) in [5, 5.41) is 3.23. The van der Waals surface area contributed by atoms with Gasteiger partial charge < -0.3 is 11.1 Å². The first-order valence-electron chi connectivity index (χ1n) is 9.56. The van der Waals surface area contributed by atoms with Crippen LogP contribution >= 0.6 is 11.3 Å². The van der Waals surface area contributed by atoms with E-state index in [0.717, 1.165) is 34.6 Å². The lowest BCUT2D eigenvalue weighted by Crippen LogP contribution is -2.33. The van der Waals surface area contributed by atoms with Crippen molar-refractivity contribution in [2.75, 3.05) is 11.9 Å². The Labute approximate surface area is 171 Å². The van der Waals surface area contributed by atoms with Crippen molar-refractivity contribution in [2.24, 2.45) is 11.7 Å². The highest BCUT2D eigenvalue weighted by molar-refractivity contribution is 7.17. The maximum absolute atomic E-state index is 12.5. The number of benzene rings is 1. The Hall–Kier alpha value is -3.00. The zero-order chi connectivity index (χ0) is 20.7. The summed E-state index contributed by atoms with van der Waals surface area (Å²) in [4.78, 5) is 51.5. The molecule has 29 heavy (non-hydrogen) atoms. The Morgan fingerprint density at radius 3 is 2.48 bits per heavy atom. The van der Waals surface area contributed by atoms with E-state index in [-0.39, 0.29) is 18.9 Å². The van der Waals surface area contributed by atoms with Gasteiger partial charge in [0.1, 0.15) is 5.00 Å². The van der Waals surface area contributed by atoms with Gasteiger partial charge >= 0.3 is 0 Å². The molecule has 4 amide bonds. The molecule has 0 bridgehead atoms. The maximum atomic E-state index is 12.5. The van der Waals surface area contributed by atoms with Crippen molar-refractivity contribution in [1.82, 2.24) is 4.90 Å². The minimum atomic E-state index is -0.548. The summed E-state index contributed by atoms with van der Waals surface area (Å²) < 4.78 is 0. The van der Waals surface area contributed by atoms with Gasteiger partial charge in [-0.25, -0.2) is 0 Å². The number of fused-ring (bicyclic) bond motifs is 2. The van der Waals surface area contributed by atoms with Crippen LogP contribution in [0, 0.1) is 5.92 Å². The lowest BCUT2D eigenvalue weighted by molar-refractivity contribution is -0.116. The summed E-state index contributed by atoms with van der Waals surface area (Å²) in [6, 6.07) is 6.61. The third-order valence-corrected chi connectivity index (χ3v) is 6.62. The largest absolute Gasteiger partial charge is 0.365 e. The standard InChI is InChI=1S/C21H21N3O4S/c1-11-6-7-14-15(10-11)29-19(17(14)18(22)26)23-16(25)8-9-24-20(27)12-4-2-3-5-13(12)21(24)28/h2-5,11H,6-10H2,1H3,(H2,22,26)(H,23,25)/t11-/m0/s1. The van der Waals surface area contributed by atoms with Crippen molar-refractivity contribution in [3.63, 3.8) is 0 Å².